The number of nitrogens with two attached hydrogens (primary N) is 1. The quantitative estimate of drug-likeness (QED) is 0.436. The molecule has 1 unspecified atom stereocenters. The van der Waals surface area contributed by atoms with Gasteiger partial charge < -0.3 is 11.1 Å². The number of likely N-dealkylation sites (tertiary alicyclic amines) is 1. The van der Waals surface area contributed by atoms with Gasteiger partial charge in [0.2, 0.25) is 0 Å². The molecule has 2 atom stereocenters. The molecular weight excluding hydrogens is 471 g/mol. The van der Waals surface area contributed by atoms with E-state index in [1.165, 1.54) is 27.6 Å². The highest BCUT2D eigenvalue weighted by Crippen LogP contribution is 2.39. The summed E-state index contributed by atoms with van der Waals surface area (Å²) >= 11 is 0. The number of amides is 1. The fourth-order valence-electron chi connectivity index (χ4n) is 4.70. The number of carbonyl (C=O) groups is 1. The first-order chi connectivity index (χ1) is 17.1. The second-order valence-corrected chi connectivity index (χ2v) is 9.40. The highest BCUT2D eigenvalue weighted by atomic mass is 19.4. The molecule has 0 radical (unpaired) electrons. The normalized spacial score (nSPS) is 17.8. The largest absolute Gasteiger partial charge is 0.408 e. The molecule has 1 aliphatic rings. The molecular formula is C25H26F3N7O. The van der Waals surface area contributed by atoms with E-state index in [0.717, 1.165) is 5.39 Å². The first kappa shape index (κ1) is 24.1. The number of hydrogen-bond acceptors (Lipinski definition) is 6. The monoisotopic (exact) mass is 497 g/mol. The van der Waals surface area contributed by atoms with Gasteiger partial charge in [-0.2, -0.15) is 13.2 Å². The van der Waals surface area contributed by atoms with E-state index in [9.17, 15) is 18.0 Å². The van der Waals surface area contributed by atoms with Gasteiger partial charge >= 0.3 is 6.18 Å². The minimum Gasteiger partial charge on any atom is -0.350 e. The van der Waals surface area contributed by atoms with Crippen LogP contribution in [0.3, 0.4) is 0 Å². The molecule has 1 fully saturated rings. The number of nitrogens with zero attached hydrogens (tertiary/aromatic N) is 5. The van der Waals surface area contributed by atoms with Gasteiger partial charge in [0.05, 0.1) is 11.1 Å². The van der Waals surface area contributed by atoms with Crippen molar-refractivity contribution in [3.63, 3.8) is 0 Å². The van der Waals surface area contributed by atoms with Gasteiger partial charge in [0.1, 0.15) is 11.7 Å². The lowest BCUT2D eigenvalue weighted by Gasteiger charge is -2.30. The van der Waals surface area contributed by atoms with Crippen LogP contribution in [0.25, 0.3) is 28.1 Å². The zero-order chi connectivity index (χ0) is 25.6. The maximum atomic E-state index is 14.1. The minimum absolute atomic E-state index is 0.0541. The molecule has 0 saturated carbocycles. The van der Waals surface area contributed by atoms with Crippen LogP contribution in [-0.4, -0.2) is 61.7 Å². The van der Waals surface area contributed by atoms with Gasteiger partial charge in [-0.15, -0.1) is 10.2 Å². The van der Waals surface area contributed by atoms with E-state index < -0.39 is 12.2 Å². The SMILES string of the molecule is CC(C)NC(=O)c1cccc2ccc(-c3nnc4ccc([C@@H](N5CCC(N)C5)C(F)(F)F)cn34)nc12. The van der Waals surface area contributed by atoms with Gasteiger partial charge in [-0.1, -0.05) is 24.3 Å². The summed E-state index contributed by atoms with van der Waals surface area (Å²) in [5.41, 5.74) is 7.62. The number of halogens is 3. The molecule has 0 aliphatic carbocycles. The van der Waals surface area contributed by atoms with E-state index in [2.05, 4.69) is 20.5 Å². The van der Waals surface area contributed by atoms with Crippen LogP contribution in [0.2, 0.25) is 0 Å². The highest BCUT2D eigenvalue weighted by Gasteiger charge is 2.46. The Bertz CT molecular complexity index is 1430. The number of rotatable bonds is 5. The molecule has 36 heavy (non-hydrogen) atoms. The van der Waals surface area contributed by atoms with Crippen molar-refractivity contribution in [1.29, 1.82) is 0 Å². The summed E-state index contributed by atoms with van der Waals surface area (Å²) in [7, 11) is 0. The fraction of sp³-hybridized carbons (Fsp3) is 0.360. The van der Waals surface area contributed by atoms with Crippen molar-refractivity contribution in [2.45, 2.75) is 44.6 Å². The van der Waals surface area contributed by atoms with E-state index in [4.69, 9.17) is 5.73 Å². The lowest BCUT2D eigenvalue weighted by atomic mass is 10.1. The van der Waals surface area contributed by atoms with Crippen molar-refractivity contribution >= 4 is 22.5 Å². The zero-order valence-electron chi connectivity index (χ0n) is 19.8. The number of carbonyl (C=O) groups excluding carboxylic acids is 1. The number of benzene rings is 1. The second kappa shape index (κ2) is 9.14. The van der Waals surface area contributed by atoms with E-state index in [-0.39, 0.29) is 42.5 Å². The molecule has 0 spiro atoms. The Morgan fingerprint density at radius 1 is 1.14 bits per heavy atom. The van der Waals surface area contributed by atoms with Gasteiger partial charge in [-0.05, 0) is 44.0 Å². The van der Waals surface area contributed by atoms with Gasteiger partial charge in [0.25, 0.3) is 5.91 Å². The van der Waals surface area contributed by atoms with Crippen molar-refractivity contribution in [3.8, 4) is 11.5 Å². The molecule has 3 N–H and O–H groups in total. The number of hydrogen-bond donors (Lipinski definition) is 2. The summed E-state index contributed by atoms with van der Waals surface area (Å²) in [6, 6.07) is 9.64. The predicted octanol–water partition coefficient (Wildman–Crippen LogP) is 3.72. The highest BCUT2D eigenvalue weighted by molar-refractivity contribution is 6.05. The molecule has 1 saturated heterocycles. The molecule has 11 heteroatoms. The smallest absolute Gasteiger partial charge is 0.350 e. The van der Waals surface area contributed by atoms with Gasteiger partial charge in [-0.3, -0.25) is 14.1 Å². The Morgan fingerprint density at radius 2 is 1.94 bits per heavy atom. The van der Waals surface area contributed by atoms with Crippen LogP contribution in [0.5, 0.6) is 0 Å². The van der Waals surface area contributed by atoms with Crippen LogP contribution < -0.4 is 11.1 Å². The van der Waals surface area contributed by atoms with Crippen molar-refractivity contribution < 1.29 is 18.0 Å². The summed E-state index contributed by atoms with van der Waals surface area (Å²) in [5, 5.41) is 11.9. The molecule has 4 aromatic rings. The fourth-order valence-corrected chi connectivity index (χ4v) is 4.70. The Labute approximate surface area is 205 Å². The molecule has 8 nitrogen and oxygen atoms in total. The molecule has 5 rings (SSSR count). The standard InChI is InChI=1S/C25H26F3N7O/c1-14(2)30-24(36)18-5-3-4-15-6-8-19(31-21(15)18)23-33-32-20-9-7-16(12-35(20)23)22(25(26,27)28)34-11-10-17(29)13-34/h3-9,12,14,17,22H,10-11,13,29H2,1-2H3,(H,30,36)/t17?,22-/m1/s1. The molecule has 1 aromatic carbocycles. The molecule has 3 aromatic heterocycles. The van der Waals surface area contributed by atoms with Crippen LogP contribution >= 0.6 is 0 Å². The number of alkyl halides is 3. The number of pyridine rings is 2. The predicted molar refractivity (Wildman–Crippen MR) is 129 cm³/mol. The van der Waals surface area contributed by atoms with Gasteiger partial charge in [0.15, 0.2) is 11.5 Å². The van der Waals surface area contributed by atoms with E-state index in [1.807, 2.05) is 19.9 Å². The Morgan fingerprint density at radius 3 is 2.64 bits per heavy atom. The van der Waals surface area contributed by atoms with Crippen LogP contribution in [0.4, 0.5) is 13.2 Å². The Balaban J connectivity index is 1.60. The average Bonchev–Trinajstić information content (AvgIpc) is 3.43. The maximum Gasteiger partial charge on any atom is 0.408 e. The van der Waals surface area contributed by atoms with Crippen LogP contribution in [-0.2, 0) is 0 Å². The van der Waals surface area contributed by atoms with Crippen LogP contribution in [0.1, 0.15) is 42.2 Å². The van der Waals surface area contributed by atoms with Crippen LogP contribution in [0, 0.1) is 0 Å². The van der Waals surface area contributed by atoms with E-state index in [0.29, 0.717) is 28.8 Å². The van der Waals surface area contributed by atoms with E-state index >= 15 is 0 Å². The van der Waals surface area contributed by atoms with Crippen molar-refractivity contribution in [2.24, 2.45) is 5.73 Å². The first-order valence-electron chi connectivity index (χ1n) is 11.7. The Hall–Kier alpha value is -3.57. The molecule has 188 valence electrons. The third kappa shape index (κ3) is 4.51. The number of para-hydroxylation sites is 1. The Kier molecular flexibility index (Phi) is 6.13. The maximum absolute atomic E-state index is 14.1. The molecule has 4 heterocycles. The summed E-state index contributed by atoms with van der Waals surface area (Å²) in [6.45, 7) is 4.17. The molecule has 1 aliphatic heterocycles. The third-order valence-electron chi connectivity index (χ3n) is 6.29. The minimum atomic E-state index is -4.48. The third-order valence-corrected chi connectivity index (χ3v) is 6.29. The van der Waals surface area contributed by atoms with Crippen molar-refractivity contribution in [2.75, 3.05) is 13.1 Å². The number of aromatic nitrogens is 4. The lowest BCUT2D eigenvalue weighted by Crippen LogP contribution is -2.38. The van der Waals surface area contributed by atoms with Gasteiger partial charge in [-0.25, -0.2) is 4.98 Å². The van der Waals surface area contributed by atoms with E-state index in [1.54, 1.807) is 24.3 Å². The summed E-state index contributed by atoms with van der Waals surface area (Å²) < 4.78 is 43.9. The molecule has 1 amide bonds. The van der Waals surface area contributed by atoms with Crippen molar-refractivity contribution in [3.05, 3.63) is 59.8 Å². The zero-order valence-corrected chi connectivity index (χ0v) is 19.8. The number of fused-ring (bicyclic) bond motifs is 2. The second-order valence-electron chi connectivity index (χ2n) is 9.40. The first-order valence-corrected chi connectivity index (χ1v) is 11.7. The average molecular weight is 498 g/mol. The van der Waals surface area contributed by atoms with Crippen molar-refractivity contribution in [1.82, 2.24) is 29.8 Å². The number of nitrogens with one attached hydrogen (secondary N) is 1. The topological polar surface area (TPSA) is 101 Å². The summed E-state index contributed by atoms with van der Waals surface area (Å²) in [4.78, 5) is 18.8. The molecule has 0 bridgehead atoms. The summed E-state index contributed by atoms with van der Waals surface area (Å²) in [6.07, 6.45) is -2.55. The van der Waals surface area contributed by atoms with Crippen LogP contribution in [0.15, 0.2) is 48.7 Å². The summed E-state index contributed by atoms with van der Waals surface area (Å²) in [5.74, 6) is 0.0253. The lowest BCUT2D eigenvalue weighted by molar-refractivity contribution is -0.183. The van der Waals surface area contributed by atoms with Gasteiger partial charge in [0, 0.05) is 36.8 Å².